The predicted molar refractivity (Wildman–Crippen MR) is 85.7 cm³/mol. The lowest BCUT2D eigenvalue weighted by Gasteiger charge is -2.09. The van der Waals surface area contributed by atoms with Gasteiger partial charge in [-0.05, 0) is 46.5 Å². The summed E-state index contributed by atoms with van der Waals surface area (Å²) in [7, 11) is 0. The maximum Gasteiger partial charge on any atom is 0.416 e. The number of carbonyl (C=O) groups is 1. The van der Waals surface area contributed by atoms with Crippen LogP contribution in [0.25, 0.3) is 22.3 Å². The second-order valence-corrected chi connectivity index (χ2v) is 5.71. The zero-order valence-electron chi connectivity index (χ0n) is 12.4. The highest BCUT2D eigenvalue weighted by Crippen LogP contribution is 2.39. The number of halogens is 3. The summed E-state index contributed by atoms with van der Waals surface area (Å²) in [5.41, 5.74) is 3.78. The van der Waals surface area contributed by atoms with Crippen molar-refractivity contribution in [3.05, 3.63) is 83.4 Å². The Morgan fingerprint density at radius 2 is 1.21 bits per heavy atom. The first kappa shape index (κ1) is 14.7. The van der Waals surface area contributed by atoms with E-state index in [4.69, 9.17) is 0 Å². The van der Waals surface area contributed by atoms with E-state index in [1.54, 1.807) is 18.2 Å². The van der Waals surface area contributed by atoms with E-state index in [-0.39, 0.29) is 5.78 Å². The number of hydrogen-bond acceptors (Lipinski definition) is 1. The van der Waals surface area contributed by atoms with Crippen molar-refractivity contribution in [3.8, 4) is 22.3 Å². The summed E-state index contributed by atoms with van der Waals surface area (Å²) < 4.78 is 38.0. The summed E-state index contributed by atoms with van der Waals surface area (Å²) in [4.78, 5) is 12.4. The van der Waals surface area contributed by atoms with E-state index < -0.39 is 11.7 Å². The van der Waals surface area contributed by atoms with Crippen molar-refractivity contribution in [1.82, 2.24) is 0 Å². The molecule has 0 aliphatic heterocycles. The number of ketones is 1. The summed E-state index contributed by atoms with van der Waals surface area (Å²) in [5.74, 6) is -0.0143. The molecule has 3 aromatic carbocycles. The molecule has 0 atom stereocenters. The van der Waals surface area contributed by atoms with Crippen LogP contribution in [0.3, 0.4) is 0 Å². The average molecular weight is 324 g/mol. The first-order valence-corrected chi connectivity index (χ1v) is 7.41. The normalized spacial score (nSPS) is 12.9. The average Bonchev–Trinajstić information content (AvgIpc) is 2.87. The van der Waals surface area contributed by atoms with Gasteiger partial charge in [0.2, 0.25) is 0 Å². The molecule has 0 spiro atoms. The SMILES string of the molecule is O=C1c2ccccc2-c2cc(-c3ccc(C(F)(F)F)cc3)ccc21. The third kappa shape index (κ3) is 2.22. The Balaban J connectivity index is 1.79. The maximum atomic E-state index is 12.7. The molecule has 0 radical (unpaired) electrons. The van der Waals surface area contributed by atoms with Crippen LogP contribution in [0.2, 0.25) is 0 Å². The summed E-state index contributed by atoms with van der Waals surface area (Å²) in [6.07, 6.45) is -4.35. The third-order valence-corrected chi connectivity index (χ3v) is 4.27. The van der Waals surface area contributed by atoms with E-state index in [0.29, 0.717) is 16.7 Å². The van der Waals surface area contributed by atoms with Gasteiger partial charge in [0.1, 0.15) is 0 Å². The Morgan fingerprint density at radius 3 is 1.88 bits per heavy atom. The third-order valence-electron chi connectivity index (χ3n) is 4.27. The van der Waals surface area contributed by atoms with Gasteiger partial charge in [-0.25, -0.2) is 0 Å². The number of rotatable bonds is 1. The van der Waals surface area contributed by atoms with Crippen molar-refractivity contribution >= 4 is 5.78 Å². The number of benzene rings is 3. The highest BCUT2D eigenvalue weighted by atomic mass is 19.4. The van der Waals surface area contributed by atoms with Gasteiger partial charge in [-0.15, -0.1) is 0 Å². The Labute approximate surface area is 136 Å². The van der Waals surface area contributed by atoms with Crippen molar-refractivity contribution in [3.63, 3.8) is 0 Å². The zero-order chi connectivity index (χ0) is 16.9. The first-order chi connectivity index (χ1) is 11.4. The minimum absolute atomic E-state index is 0.0143. The molecule has 3 aromatic rings. The smallest absolute Gasteiger partial charge is 0.289 e. The van der Waals surface area contributed by atoms with Crippen molar-refractivity contribution < 1.29 is 18.0 Å². The van der Waals surface area contributed by atoms with E-state index in [0.717, 1.165) is 28.8 Å². The van der Waals surface area contributed by atoms with Gasteiger partial charge < -0.3 is 0 Å². The number of alkyl halides is 3. The molecule has 0 heterocycles. The molecule has 4 rings (SSSR count). The summed E-state index contributed by atoms with van der Waals surface area (Å²) in [6.45, 7) is 0. The molecule has 0 fully saturated rings. The van der Waals surface area contributed by atoms with Crippen LogP contribution in [0.1, 0.15) is 21.5 Å². The Hall–Kier alpha value is -2.88. The van der Waals surface area contributed by atoms with E-state index in [1.165, 1.54) is 12.1 Å². The van der Waals surface area contributed by atoms with Gasteiger partial charge in [-0.1, -0.05) is 42.5 Å². The van der Waals surface area contributed by atoms with Crippen LogP contribution in [0.4, 0.5) is 13.2 Å². The molecule has 118 valence electrons. The Kier molecular flexibility index (Phi) is 3.10. The molecule has 1 aliphatic rings. The summed E-state index contributed by atoms with van der Waals surface area (Å²) in [6, 6.07) is 17.8. The van der Waals surface area contributed by atoms with Crippen molar-refractivity contribution in [2.24, 2.45) is 0 Å². The van der Waals surface area contributed by atoms with Crippen molar-refractivity contribution in [2.75, 3.05) is 0 Å². The summed E-state index contributed by atoms with van der Waals surface area (Å²) in [5, 5.41) is 0. The minimum Gasteiger partial charge on any atom is -0.289 e. The molecular weight excluding hydrogens is 313 g/mol. The molecule has 1 aliphatic carbocycles. The highest BCUT2D eigenvalue weighted by Gasteiger charge is 2.30. The fourth-order valence-electron chi connectivity index (χ4n) is 3.06. The number of carbonyl (C=O) groups excluding carboxylic acids is 1. The van der Waals surface area contributed by atoms with E-state index in [9.17, 15) is 18.0 Å². The predicted octanol–water partition coefficient (Wildman–Crippen LogP) is 5.58. The van der Waals surface area contributed by atoms with Crippen LogP contribution < -0.4 is 0 Å². The highest BCUT2D eigenvalue weighted by molar-refractivity contribution is 6.22. The fraction of sp³-hybridized carbons (Fsp3) is 0.0500. The van der Waals surface area contributed by atoms with Crippen LogP contribution in [-0.4, -0.2) is 5.78 Å². The Morgan fingerprint density at radius 1 is 0.625 bits per heavy atom. The second kappa shape index (κ2) is 5.06. The maximum absolute atomic E-state index is 12.7. The molecule has 1 nitrogen and oxygen atoms in total. The van der Waals surface area contributed by atoms with E-state index in [1.807, 2.05) is 24.3 Å². The van der Waals surface area contributed by atoms with Crippen LogP contribution in [0, 0.1) is 0 Å². The van der Waals surface area contributed by atoms with Gasteiger partial charge in [0.15, 0.2) is 5.78 Å². The van der Waals surface area contributed by atoms with Gasteiger partial charge in [-0.2, -0.15) is 13.2 Å². The minimum atomic E-state index is -4.35. The monoisotopic (exact) mass is 324 g/mol. The van der Waals surface area contributed by atoms with Gasteiger partial charge in [-0.3, -0.25) is 4.79 Å². The second-order valence-electron chi connectivity index (χ2n) is 5.71. The number of fused-ring (bicyclic) bond motifs is 3. The molecule has 0 aromatic heterocycles. The first-order valence-electron chi connectivity index (χ1n) is 7.41. The van der Waals surface area contributed by atoms with Gasteiger partial charge in [0.05, 0.1) is 5.56 Å². The van der Waals surface area contributed by atoms with Crippen molar-refractivity contribution in [2.45, 2.75) is 6.18 Å². The van der Waals surface area contributed by atoms with Gasteiger partial charge in [0, 0.05) is 11.1 Å². The van der Waals surface area contributed by atoms with Crippen LogP contribution >= 0.6 is 0 Å². The lowest BCUT2D eigenvalue weighted by atomic mass is 9.98. The molecule has 0 N–H and O–H groups in total. The van der Waals surface area contributed by atoms with E-state index >= 15 is 0 Å². The van der Waals surface area contributed by atoms with Crippen LogP contribution in [0.5, 0.6) is 0 Å². The number of hydrogen-bond donors (Lipinski definition) is 0. The molecule has 0 saturated heterocycles. The molecule has 0 unspecified atom stereocenters. The standard InChI is InChI=1S/C20H11F3O/c21-20(22,23)14-8-5-12(6-9-14)13-7-10-17-18(11-13)15-3-1-2-4-16(15)19(17)24/h1-11H. The molecule has 0 amide bonds. The largest absolute Gasteiger partial charge is 0.416 e. The van der Waals surface area contributed by atoms with Crippen molar-refractivity contribution in [1.29, 1.82) is 0 Å². The quantitative estimate of drug-likeness (QED) is 0.446. The van der Waals surface area contributed by atoms with Gasteiger partial charge >= 0.3 is 6.18 Å². The van der Waals surface area contributed by atoms with E-state index in [2.05, 4.69) is 0 Å². The van der Waals surface area contributed by atoms with Crippen LogP contribution in [0.15, 0.2) is 66.7 Å². The fourth-order valence-corrected chi connectivity index (χ4v) is 3.06. The molecule has 0 bridgehead atoms. The molecular formula is C20H11F3O. The van der Waals surface area contributed by atoms with Crippen LogP contribution in [-0.2, 0) is 6.18 Å². The molecule has 4 heteroatoms. The Bertz CT molecular complexity index is 953. The summed E-state index contributed by atoms with van der Waals surface area (Å²) >= 11 is 0. The lowest BCUT2D eigenvalue weighted by molar-refractivity contribution is -0.137. The zero-order valence-corrected chi connectivity index (χ0v) is 12.4. The lowest BCUT2D eigenvalue weighted by Crippen LogP contribution is -2.04. The molecule has 24 heavy (non-hydrogen) atoms. The molecule has 0 saturated carbocycles. The van der Waals surface area contributed by atoms with Gasteiger partial charge in [0.25, 0.3) is 0 Å². The topological polar surface area (TPSA) is 17.1 Å².